The molecular formula is C25H20Cl2N4O2S. The molecule has 0 spiro atoms. The van der Waals surface area contributed by atoms with Gasteiger partial charge in [0.05, 0.1) is 22.9 Å². The van der Waals surface area contributed by atoms with E-state index < -0.39 is 0 Å². The molecule has 6 nitrogen and oxygen atoms in total. The first-order chi connectivity index (χ1) is 16.4. The molecule has 0 saturated heterocycles. The summed E-state index contributed by atoms with van der Waals surface area (Å²) >= 11 is 13.4. The van der Waals surface area contributed by atoms with E-state index in [4.69, 9.17) is 23.2 Å². The number of amides is 1. The third-order valence-electron chi connectivity index (χ3n) is 4.97. The maximum Gasteiger partial charge on any atom is 0.253 e. The lowest BCUT2D eigenvalue weighted by Gasteiger charge is -2.12. The summed E-state index contributed by atoms with van der Waals surface area (Å²) in [6.45, 7) is 2.11. The second-order valence-corrected chi connectivity index (χ2v) is 9.24. The van der Waals surface area contributed by atoms with E-state index >= 15 is 0 Å². The van der Waals surface area contributed by atoms with Crippen molar-refractivity contribution in [3.63, 3.8) is 0 Å². The largest absolute Gasteiger partial charge is 0.345 e. The van der Waals surface area contributed by atoms with E-state index in [9.17, 15) is 9.59 Å². The van der Waals surface area contributed by atoms with Crippen molar-refractivity contribution in [2.45, 2.75) is 18.6 Å². The van der Waals surface area contributed by atoms with Crippen LogP contribution in [0.25, 0.3) is 5.69 Å². The quantitative estimate of drug-likeness (QED) is 0.240. The van der Waals surface area contributed by atoms with Gasteiger partial charge in [0.1, 0.15) is 0 Å². The molecule has 0 saturated carbocycles. The zero-order valence-corrected chi connectivity index (χ0v) is 20.5. The molecule has 1 amide bonds. The van der Waals surface area contributed by atoms with Crippen molar-refractivity contribution in [1.82, 2.24) is 20.1 Å². The van der Waals surface area contributed by atoms with E-state index in [0.29, 0.717) is 27.1 Å². The summed E-state index contributed by atoms with van der Waals surface area (Å²) in [5.41, 5.74) is 2.86. The molecule has 0 radical (unpaired) electrons. The van der Waals surface area contributed by atoms with Gasteiger partial charge in [-0.1, -0.05) is 77.4 Å². The Morgan fingerprint density at radius 3 is 2.50 bits per heavy atom. The molecule has 1 N–H and O–H groups in total. The van der Waals surface area contributed by atoms with Gasteiger partial charge in [-0.2, -0.15) is 0 Å². The number of nitrogens with zero attached hydrogens (tertiary/aromatic N) is 3. The fourth-order valence-corrected chi connectivity index (χ4v) is 4.66. The zero-order valence-electron chi connectivity index (χ0n) is 18.2. The maximum absolute atomic E-state index is 12.7. The molecule has 3 aromatic carbocycles. The van der Waals surface area contributed by atoms with Crippen molar-refractivity contribution >= 4 is 46.7 Å². The van der Waals surface area contributed by atoms with Crippen molar-refractivity contribution < 1.29 is 9.59 Å². The molecule has 0 aliphatic rings. The van der Waals surface area contributed by atoms with Gasteiger partial charge in [-0.3, -0.25) is 14.2 Å². The highest BCUT2D eigenvalue weighted by Gasteiger charge is 2.18. The second kappa shape index (κ2) is 10.9. The lowest BCUT2D eigenvalue weighted by atomic mass is 10.2. The molecule has 0 aliphatic carbocycles. The zero-order chi connectivity index (χ0) is 24.1. The van der Waals surface area contributed by atoms with E-state index in [-0.39, 0.29) is 29.0 Å². The third kappa shape index (κ3) is 5.67. The van der Waals surface area contributed by atoms with Gasteiger partial charge in [0.15, 0.2) is 16.8 Å². The van der Waals surface area contributed by atoms with Gasteiger partial charge >= 0.3 is 0 Å². The second-order valence-electron chi connectivity index (χ2n) is 7.46. The van der Waals surface area contributed by atoms with Gasteiger partial charge < -0.3 is 5.32 Å². The average Bonchev–Trinajstić information content (AvgIpc) is 3.24. The van der Waals surface area contributed by atoms with Crippen LogP contribution in [0.2, 0.25) is 10.0 Å². The van der Waals surface area contributed by atoms with Crippen molar-refractivity contribution in [2.24, 2.45) is 0 Å². The van der Waals surface area contributed by atoms with Crippen molar-refractivity contribution in [3.05, 3.63) is 105 Å². The van der Waals surface area contributed by atoms with Gasteiger partial charge in [-0.05, 0) is 42.8 Å². The SMILES string of the molecule is Cc1cccc(-n2c(CNC(=O)c3ccc(Cl)cc3Cl)nnc2SCC(=O)c2ccccc2)c1. The molecule has 172 valence electrons. The van der Waals surface area contributed by atoms with Crippen LogP contribution in [0.1, 0.15) is 32.1 Å². The number of benzene rings is 3. The van der Waals surface area contributed by atoms with Crippen LogP contribution in [0.15, 0.2) is 78.0 Å². The summed E-state index contributed by atoms with van der Waals surface area (Å²) < 4.78 is 1.85. The number of hydrogen-bond donors (Lipinski definition) is 1. The molecule has 0 fully saturated rings. The predicted molar refractivity (Wildman–Crippen MR) is 135 cm³/mol. The van der Waals surface area contributed by atoms with E-state index in [0.717, 1.165) is 11.3 Å². The van der Waals surface area contributed by atoms with E-state index in [1.165, 1.54) is 17.8 Å². The summed E-state index contributed by atoms with van der Waals surface area (Å²) in [6.07, 6.45) is 0. The van der Waals surface area contributed by atoms with Gasteiger partial charge in [0, 0.05) is 16.3 Å². The Morgan fingerprint density at radius 2 is 1.76 bits per heavy atom. The third-order valence-corrected chi connectivity index (χ3v) is 6.45. The van der Waals surface area contributed by atoms with Crippen molar-refractivity contribution in [2.75, 3.05) is 5.75 Å². The first-order valence-corrected chi connectivity index (χ1v) is 12.1. The summed E-state index contributed by atoms with van der Waals surface area (Å²) in [4.78, 5) is 25.3. The van der Waals surface area contributed by atoms with Crippen molar-refractivity contribution in [3.8, 4) is 5.69 Å². The van der Waals surface area contributed by atoms with Crippen LogP contribution in [0.5, 0.6) is 0 Å². The normalized spacial score (nSPS) is 10.8. The number of halogens is 2. The molecule has 4 aromatic rings. The lowest BCUT2D eigenvalue weighted by Crippen LogP contribution is -2.25. The monoisotopic (exact) mass is 510 g/mol. The van der Waals surface area contributed by atoms with Crippen LogP contribution in [0.4, 0.5) is 0 Å². The number of rotatable bonds is 8. The molecule has 34 heavy (non-hydrogen) atoms. The van der Waals surface area contributed by atoms with E-state index in [1.54, 1.807) is 24.3 Å². The Bertz CT molecular complexity index is 1340. The number of nitrogens with one attached hydrogen (secondary N) is 1. The highest BCUT2D eigenvalue weighted by atomic mass is 35.5. The number of thioether (sulfide) groups is 1. The number of aryl methyl sites for hydroxylation is 1. The number of aromatic nitrogens is 3. The van der Waals surface area contributed by atoms with Gasteiger partial charge in [-0.15, -0.1) is 10.2 Å². The summed E-state index contributed by atoms with van der Waals surface area (Å²) in [5, 5.41) is 12.7. The minimum absolute atomic E-state index is 0.00312. The van der Waals surface area contributed by atoms with Gasteiger partial charge in [-0.25, -0.2) is 0 Å². The highest BCUT2D eigenvalue weighted by Crippen LogP contribution is 2.24. The first-order valence-electron chi connectivity index (χ1n) is 10.4. The van der Waals surface area contributed by atoms with E-state index in [2.05, 4.69) is 15.5 Å². The molecule has 1 heterocycles. The number of Topliss-reactive ketones (excluding diaryl/α,β-unsaturated/α-hetero) is 1. The Morgan fingerprint density at radius 1 is 0.971 bits per heavy atom. The van der Waals surface area contributed by atoms with Crippen LogP contribution >= 0.6 is 35.0 Å². The minimum Gasteiger partial charge on any atom is -0.345 e. The molecule has 0 aliphatic heterocycles. The molecular weight excluding hydrogens is 491 g/mol. The lowest BCUT2D eigenvalue weighted by molar-refractivity contribution is 0.0949. The summed E-state index contributed by atoms with van der Waals surface area (Å²) in [6, 6.07) is 21.7. The molecule has 9 heteroatoms. The average molecular weight is 511 g/mol. The minimum atomic E-state index is -0.353. The van der Waals surface area contributed by atoms with Crippen LogP contribution in [0, 0.1) is 6.92 Å². The first kappa shape index (κ1) is 24.0. The standard InChI is InChI=1S/C25H20Cl2N4O2S/c1-16-6-5-9-19(12-16)31-23(14-28-24(33)20-11-10-18(26)13-21(20)27)29-30-25(31)34-15-22(32)17-7-3-2-4-8-17/h2-13H,14-15H2,1H3,(H,28,33). The van der Waals surface area contributed by atoms with Crippen LogP contribution < -0.4 is 5.32 Å². The van der Waals surface area contributed by atoms with Crippen LogP contribution in [-0.2, 0) is 6.54 Å². The Labute approximate surface area is 211 Å². The molecule has 4 rings (SSSR count). The number of ketones is 1. The predicted octanol–water partition coefficient (Wildman–Crippen LogP) is 5.79. The van der Waals surface area contributed by atoms with Gasteiger partial charge in [0.2, 0.25) is 0 Å². The van der Waals surface area contributed by atoms with Crippen LogP contribution in [0.3, 0.4) is 0 Å². The summed E-state index contributed by atoms with van der Waals surface area (Å²) in [7, 11) is 0. The van der Waals surface area contributed by atoms with E-state index in [1.807, 2.05) is 54.0 Å². The smallest absolute Gasteiger partial charge is 0.253 e. The van der Waals surface area contributed by atoms with Gasteiger partial charge in [0.25, 0.3) is 5.91 Å². The van der Waals surface area contributed by atoms with Crippen molar-refractivity contribution in [1.29, 1.82) is 0 Å². The Balaban J connectivity index is 1.56. The number of hydrogen-bond acceptors (Lipinski definition) is 5. The maximum atomic E-state index is 12.7. The Kier molecular flexibility index (Phi) is 7.67. The number of carbonyl (C=O) groups excluding carboxylic acids is 2. The number of carbonyl (C=O) groups is 2. The fraction of sp³-hybridized carbons (Fsp3) is 0.120. The molecule has 1 aromatic heterocycles. The topological polar surface area (TPSA) is 76.9 Å². The Hall–Kier alpha value is -3.13. The van der Waals surface area contributed by atoms with Crippen LogP contribution in [-0.4, -0.2) is 32.2 Å². The molecule has 0 atom stereocenters. The molecule has 0 unspecified atom stereocenters. The fourth-order valence-electron chi connectivity index (χ4n) is 3.30. The molecule has 0 bridgehead atoms. The summed E-state index contributed by atoms with van der Waals surface area (Å²) in [5.74, 6) is 0.380. The highest BCUT2D eigenvalue weighted by molar-refractivity contribution is 7.99.